The molecule has 18 heavy (non-hydrogen) atoms. The molecule has 2 aromatic rings. The predicted octanol–water partition coefficient (Wildman–Crippen LogP) is 2.36. The average molecular weight is 350 g/mol. The number of rotatable bonds is 3. The van der Waals surface area contributed by atoms with Gasteiger partial charge in [0, 0.05) is 0 Å². The van der Waals surface area contributed by atoms with Crippen molar-refractivity contribution in [1.29, 1.82) is 0 Å². The van der Waals surface area contributed by atoms with Crippen molar-refractivity contribution in [1.82, 2.24) is 0 Å². The summed E-state index contributed by atoms with van der Waals surface area (Å²) in [5.74, 6) is 3.97. The van der Waals surface area contributed by atoms with E-state index in [1.165, 1.54) is 9.17 Å². The number of ether oxygens (including phenoxy) is 1. The van der Waals surface area contributed by atoms with Crippen molar-refractivity contribution in [2.75, 3.05) is 6.61 Å². The number of hydrogen-bond acceptors (Lipinski definition) is 1. The van der Waals surface area contributed by atoms with E-state index in [2.05, 4.69) is 41.1 Å². The van der Waals surface area contributed by atoms with E-state index in [4.69, 9.17) is 4.74 Å². The first-order valence-corrected chi connectivity index (χ1v) is 8.07. The van der Waals surface area contributed by atoms with Crippen molar-refractivity contribution in [3.05, 3.63) is 60.2 Å². The van der Waals surface area contributed by atoms with Crippen LogP contribution < -0.4 is 8.35 Å². The summed E-state index contributed by atoms with van der Waals surface area (Å²) in [6.45, 7) is 2.54. The quantitative estimate of drug-likeness (QED) is 0.610. The first-order chi connectivity index (χ1) is 8.84. The second-order valence-electron chi connectivity index (χ2n) is 3.80. The first kappa shape index (κ1) is 13.0. The minimum absolute atomic E-state index is 0.380. The predicted molar refractivity (Wildman–Crippen MR) is 76.3 cm³/mol. The molecule has 2 heteroatoms. The van der Waals surface area contributed by atoms with Gasteiger partial charge in [-0.15, -0.1) is 0 Å². The Morgan fingerprint density at radius 2 is 1.72 bits per heavy atom. The van der Waals surface area contributed by atoms with Gasteiger partial charge < -0.3 is 0 Å². The van der Waals surface area contributed by atoms with Crippen LogP contribution in [0.4, 0.5) is 0 Å². The molecule has 0 spiro atoms. The van der Waals surface area contributed by atoms with Crippen LogP contribution in [0.15, 0.2) is 54.6 Å². The van der Waals surface area contributed by atoms with Crippen LogP contribution in [0.25, 0.3) is 0 Å². The molecule has 2 rings (SSSR count). The molecule has 0 heterocycles. The van der Waals surface area contributed by atoms with E-state index < -0.39 is 0 Å². The fourth-order valence-corrected chi connectivity index (χ4v) is 2.91. The molecular weight excluding hydrogens is 336 g/mol. The zero-order valence-electron chi connectivity index (χ0n) is 10.2. The summed E-state index contributed by atoms with van der Waals surface area (Å²) in [5, 5.41) is 0. The Labute approximate surface area is 118 Å². The van der Waals surface area contributed by atoms with Crippen LogP contribution in [0.2, 0.25) is 0 Å². The Hall–Kier alpha value is -1.41. The van der Waals surface area contributed by atoms with Gasteiger partial charge in [-0.25, -0.2) is 0 Å². The number of aryl methyl sites for hydroxylation is 1. The van der Waals surface area contributed by atoms with Crippen LogP contribution >= 0.6 is 0 Å². The summed E-state index contributed by atoms with van der Waals surface area (Å²) < 4.78 is 10.2. The molecule has 0 radical (unpaired) electrons. The van der Waals surface area contributed by atoms with Crippen molar-refractivity contribution < 1.29 is 4.74 Å². The van der Waals surface area contributed by atoms with Gasteiger partial charge in [0.2, 0.25) is 0 Å². The van der Waals surface area contributed by atoms with Gasteiger partial charge in [0.25, 0.3) is 0 Å². The van der Waals surface area contributed by atoms with E-state index >= 15 is 0 Å². The second kappa shape index (κ2) is 7.12. The monoisotopic (exact) mass is 352 g/mol. The van der Waals surface area contributed by atoms with Crippen LogP contribution in [0, 0.1) is 16.8 Å². The zero-order valence-corrected chi connectivity index (χ0v) is 12.6. The van der Waals surface area contributed by atoms with Crippen molar-refractivity contribution in [3.63, 3.8) is 0 Å². The van der Waals surface area contributed by atoms with Crippen molar-refractivity contribution in [3.8, 4) is 15.6 Å². The molecule has 0 amide bonds. The molecule has 0 aliphatic carbocycles. The molecular formula is C16H14OTe. The molecule has 90 valence electrons. The van der Waals surface area contributed by atoms with Gasteiger partial charge in [0.15, 0.2) is 0 Å². The number of benzene rings is 2. The van der Waals surface area contributed by atoms with Gasteiger partial charge in [-0.3, -0.25) is 0 Å². The van der Waals surface area contributed by atoms with Gasteiger partial charge in [-0.2, -0.15) is 0 Å². The second-order valence-corrected chi connectivity index (χ2v) is 6.31. The molecule has 2 aromatic carbocycles. The van der Waals surface area contributed by atoms with Gasteiger partial charge in [0.1, 0.15) is 0 Å². The molecule has 0 aliphatic heterocycles. The summed E-state index contributed by atoms with van der Waals surface area (Å²) in [5.41, 5.74) is 1.24. The minimum atomic E-state index is -0.380. The SMILES string of the molecule is Cc1ccc(OCC#C[Te]c2ccccc2)cc1. The van der Waals surface area contributed by atoms with E-state index in [9.17, 15) is 0 Å². The van der Waals surface area contributed by atoms with E-state index in [-0.39, 0.29) is 20.9 Å². The molecule has 0 N–H and O–H groups in total. The molecule has 0 saturated heterocycles. The van der Waals surface area contributed by atoms with Crippen molar-refractivity contribution >= 4 is 24.5 Å². The van der Waals surface area contributed by atoms with E-state index in [0.717, 1.165) is 5.75 Å². The molecule has 0 saturated carbocycles. The van der Waals surface area contributed by atoms with Gasteiger partial charge in [-0.05, 0) is 0 Å². The van der Waals surface area contributed by atoms with Gasteiger partial charge in [-0.1, -0.05) is 0 Å². The standard InChI is InChI=1S/C16H14OTe/c1-14-8-10-15(11-9-14)17-12-5-13-18-16-6-3-2-4-7-16/h2-4,6-11H,12H2,1H3. The van der Waals surface area contributed by atoms with Crippen LogP contribution in [0.1, 0.15) is 5.56 Å². The third-order valence-corrected chi connectivity index (χ3v) is 4.47. The Bertz CT molecular complexity index is 535. The normalized spacial score (nSPS) is 9.39. The van der Waals surface area contributed by atoms with Crippen molar-refractivity contribution in [2.45, 2.75) is 6.92 Å². The summed E-state index contributed by atoms with van der Waals surface area (Å²) >= 11 is -0.380. The molecule has 0 unspecified atom stereocenters. The van der Waals surface area contributed by atoms with Crippen LogP contribution in [0.3, 0.4) is 0 Å². The molecule has 0 fully saturated rings. The molecule has 0 atom stereocenters. The van der Waals surface area contributed by atoms with Crippen LogP contribution in [0.5, 0.6) is 5.75 Å². The van der Waals surface area contributed by atoms with E-state index in [1.807, 2.05) is 30.3 Å². The summed E-state index contributed by atoms with van der Waals surface area (Å²) in [7, 11) is 0. The maximum atomic E-state index is 5.55. The van der Waals surface area contributed by atoms with Gasteiger partial charge in [0.05, 0.1) is 0 Å². The zero-order chi connectivity index (χ0) is 12.6. The number of hydrogen-bond donors (Lipinski definition) is 0. The Balaban J connectivity index is 1.77. The van der Waals surface area contributed by atoms with E-state index in [0.29, 0.717) is 6.61 Å². The molecule has 0 aromatic heterocycles. The Morgan fingerprint density at radius 1 is 1.00 bits per heavy atom. The van der Waals surface area contributed by atoms with Gasteiger partial charge >= 0.3 is 119 Å². The maximum absolute atomic E-state index is 5.55. The molecule has 1 nitrogen and oxygen atoms in total. The Morgan fingerprint density at radius 3 is 2.44 bits per heavy atom. The van der Waals surface area contributed by atoms with E-state index in [1.54, 1.807) is 0 Å². The van der Waals surface area contributed by atoms with Crippen LogP contribution in [-0.2, 0) is 0 Å². The third-order valence-electron chi connectivity index (χ3n) is 2.32. The van der Waals surface area contributed by atoms with Crippen LogP contribution in [-0.4, -0.2) is 27.5 Å². The third kappa shape index (κ3) is 4.46. The summed E-state index contributed by atoms with van der Waals surface area (Å²) in [4.78, 5) is 0. The first-order valence-electron chi connectivity index (χ1n) is 5.74. The summed E-state index contributed by atoms with van der Waals surface area (Å²) in [6.07, 6.45) is 0. The Kier molecular flexibility index (Phi) is 5.15. The topological polar surface area (TPSA) is 9.23 Å². The fraction of sp³-hybridized carbons (Fsp3) is 0.125. The summed E-state index contributed by atoms with van der Waals surface area (Å²) in [6, 6.07) is 18.5. The molecule has 0 bridgehead atoms. The molecule has 0 aliphatic rings. The van der Waals surface area contributed by atoms with Crippen molar-refractivity contribution in [2.24, 2.45) is 0 Å². The fourth-order valence-electron chi connectivity index (χ4n) is 1.37. The average Bonchev–Trinajstić information content (AvgIpc) is 2.42.